The van der Waals surface area contributed by atoms with Gasteiger partial charge < -0.3 is 10.6 Å². The molecule has 2 heterocycles. The van der Waals surface area contributed by atoms with Crippen LogP contribution in [-0.4, -0.2) is 73.1 Å². The van der Waals surface area contributed by atoms with Crippen LogP contribution in [0.25, 0.3) is 0 Å². The van der Waals surface area contributed by atoms with E-state index in [-0.39, 0.29) is 11.4 Å². The average Bonchev–Trinajstić information content (AvgIpc) is 3.64. The lowest BCUT2D eigenvalue weighted by Crippen LogP contribution is -2.72. The third kappa shape index (κ3) is 4.37. The molecule has 0 unspecified atom stereocenters. The van der Waals surface area contributed by atoms with Crippen molar-refractivity contribution in [1.82, 2.24) is 20.4 Å². The van der Waals surface area contributed by atoms with Gasteiger partial charge in [0.2, 0.25) is 5.91 Å². The Kier molecular flexibility index (Phi) is 5.39. The van der Waals surface area contributed by atoms with E-state index in [0.29, 0.717) is 24.4 Å². The summed E-state index contributed by atoms with van der Waals surface area (Å²) >= 11 is 0. The Hall–Kier alpha value is -1.43. The van der Waals surface area contributed by atoms with Gasteiger partial charge in [0.15, 0.2) is 0 Å². The van der Waals surface area contributed by atoms with E-state index in [9.17, 15) is 4.79 Å². The maximum Gasteiger partial charge on any atom is 0.221 e. The zero-order chi connectivity index (χ0) is 19.8. The first-order valence-electron chi connectivity index (χ1n) is 11.6. The minimum absolute atomic E-state index is 0.0755. The van der Waals surface area contributed by atoms with Gasteiger partial charge in [0, 0.05) is 64.2 Å². The molecule has 1 aromatic rings. The smallest absolute Gasteiger partial charge is 0.221 e. The van der Waals surface area contributed by atoms with Crippen LogP contribution in [0.5, 0.6) is 0 Å². The van der Waals surface area contributed by atoms with Crippen LogP contribution in [-0.2, 0) is 4.79 Å². The van der Waals surface area contributed by atoms with Crippen molar-refractivity contribution in [2.24, 2.45) is 5.92 Å². The van der Waals surface area contributed by atoms with E-state index in [1.165, 1.54) is 44.2 Å². The SMILES string of the molecule is CNC(=O)CC1(N2CCC(N[C@@H]3C[C@H]3c3ccccc3)CC2)CN(CC2CC2)C1. The van der Waals surface area contributed by atoms with Crippen LogP contribution in [0, 0.1) is 5.92 Å². The molecule has 4 aliphatic rings. The van der Waals surface area contributed by atoms with Gasteiger partial charge in [-0.05, 0) is 43.6 Å². The quantitative estimate of drug-likeness (QED) is 0.707. The van der Waals surface area contributed by atoms with Gasteiger partial charge in [0.05, 0.1) is 5.54 Å². The van der Waals surface area contributed by atoms with E-state index >= 15 is 0 Å². The van der Waals surface area contributed by atoms with Crippen molar-refractivity contribution in [2.75, 3.05) is 39.8 Å². The first-order chi connectivity index (χ1) is 14.1. The lowest BCUT2D eigenvalue weighted by Gasteiger charge is -2.57. The predicted octanol–water partition coefficient (Wildman–Crippen LogP) is 2.20. The highest BCUT2D eigenvalue weighted by molar-refractivity contribution is 5.77. The van der Waals surface area contributed by atoms with Crippen molar-refractivity contribution in [3.8, 4) is 0 Å². The van der Waals surface area contributed by atoms with E-state index in [1.807, 2.05) is 0 Å². The summed E-state index contributed by atoms with van der Waals surface area (Å²) in [5.74, 6) is 1.83. The van der Waals surface area contributed by atoms with E-state index in [2.05, 4.69) is 50.8 Å². The zero-order valence-electron chi connectivity index (χ0n) is 17.8. The van der Waals surface area contributed by atoms with Gasteiger partial charge in [-0.15, -0.1) is 0 Å². The van der Waals surface area contributed by atoms with Gasteiger partial charge in [-0.1, -0.05) is 30.3 Å². The summed E-state index contributed by atoms with van der Waals surface area (Å²) in [5, 5.41) is 6.79. The topological polar surface area (TPSA) is 47.6 Å². The molecule has 0 radical (unpaired) electrons. The summed E-state index contributed by atoms with van der Waals surface area (Å²) in [7, 11) is 1.77. The summed E-state index contributed by atoms with van der Waals surface area (Å²) in [4.78, 5) is 17.5. The van der Waals surface area contributed by atoms with Crippen LogP contribution < -0.4 is 10.6 Å². The number of nitrogens with one attached hydrogen (secondary N) is 2. The molecule has 1 aromatic carbocycles. The Bertz CT molecular complexity index is 705. The normalized spacial score (nSPS) is 30.0. The van der Waals surface area contributed by atoms with Gasteiger partial charge in [0.1, 0.15) is 0 Å². The molecule has 0 aromatic heterocycles. The second kappa shape index (κ2) is 8.01. The molecular formula is C24H36N4O. The van der Waals surface area contributed by atoms with Crippen molar-refractivity contribution in [3.05, 3.63) is 35.9 Å². The van der Waals surface area contributed by atoms with Crippen molar-refractivity contribution in [3.63, 3.8) is 0 Å². The molecule has 2 aliphatic heterocycles. The molecule has 0 spiro atoms. The summed E-state index contributed by atoms with van der Waals surface area (Å²) in [6.07, 6.45) is 7.15. The third-order valence-corrected chi connectivity index (χ3v) is 7.65. The predicted molar refractivity (Wildman–Crippen MR) is 116 cm³/mol. The monoisotopic (exact) mass is 396 g/mol. The average molecular weight is 397 g/mol. The number of carbonyl (C=O) groups is 1. The maximum absolute atomic E-state index is 12.2. The largest absolute Gasteiger partial charge is 0.359 e. The number of nitrogens with zero attached hydrogens (tertiary/aromatic N) is 2. The number of amides is 1. The Morgan fingerprint density at radius 1 is 1.10 bits per heavy atom. The minimum atomic E-state index is 0.0755. The highest BCUT2D eigenvalue weighted by Gasteiger charge is 2.50. The van der Waals surface area contributed by atoms with Gasteiger partial charge in [-0.25, -0.2) is 0 Å². The lowest BCUT2D eigenvalue weighted by molar-refractivity contribution is -0.131. The molecule has 5 nitrogen and oxygen atoms in total. The van der Waals surface area contributed by atoms with Gasteiger partial charge in [-0.2, -0.15) is 0 Å². The van der Waals surface area contributed by atoms with Crippen LogP contribution in [0.4, 0.5) is 0 Å². The van der Waals surface area contributed by atoms with Crippen molar-refractivity contribution >= 4 is 5.91 Å². The molecule has 158 valence electrons. The number of carbonyl (C=O) groups excluding carboxylic acids is 1. The van der Waals surface area contributed by atoms with Crippen LogP contribution in [0.1, 0.15) is 50.0 Å². The van der Waals surface area contributed by atoms with E-state index in [1.54, 1.807) is 7.05 Å². The van der Waals surface area contributed by atoms with Gasteiger partial charge in [0.25, 0.3) is 0 Å². The Labute approximate surface area is 175 Å². The molecule has 2 atom stereocenters. The second-order valence-corrected chi connectivity index (χ2v) is 9.97. The molecule has 29 heavy (non-hydrogen) atoms. The molecule has 1 amide bonds. The number of hydrogen-bond donors (Lipinski definition) is 2. The summed E-state index contributed by atoms with van der Waals surface area (Å²) in [6, 6.07) is 12.2. The minimum Gasteiger partial charge on any atom is -0.359 e. The molecule has 2 N–H and O–H groups in total. The van der Waals surface area contributed by atoms with Crippen LogP contribution in [0.3, 0.4) is 0 Å². The molecular weight excluding hydrogens is 360 g/mol. The van der Waals surface area contributed by atoms with Crippen LogP contribution in [0.15, 0.2) is 30.3 Å². The fourth-order valence-electron chi connectivity index (χ4n) is 5.66. The summed E-state index contributed by atoms with van der Waals surface area (Å²) in [6.45, 7) is 5.64. The van der Waals surface area contributed by atoms with Crippen molar-refractivity contribution in [2.45, 2.75) is 62.1 Å². The third-order valence-electron chi connectivity index (χ3n) is 7.65. The maximum atomic E-state index is 12.2. The second-order valence-electron chi connectivity index (χ2n) is 9.97. The Balaban J connectivity index is 1.12. The fraction of sp³-hybridized carbons (Fsp3) is 0.708. The van der Waals surface area contributed by atoms with Crippen molar-refractivity contribution in [1.29, 1.82) is 0 Å². The van der Waals surface area contributed by atoms with Crippen molar-refractivity contribution < 1.29 is 4.79 Å². The summed E-state index contributed by atoms with van der Waals surface area (Å²) < 4.78 is 0. The van der Waals surface area contributed by atoms with E-state index in [4.69, 9.17) is 0 Å². The number of hydrogen-bond acceptors (Lipinski definition) is 4. The van der Waals surface area contributed by atoms with Crippen LogP contribution >= 0.6 is 0 Å². The van der Waals surface area contributed by atoms with Gasteiger partial charge in [-0.3, -0.25) is 14.6 Å². The zero-order valence-corrected chi connectivity index (χ0v) is 17.8. The first-order valence-corrected chi connectivity index (χ1v) is 11.6. The molecule has 2 saturated carbocycles. The van der Waals surface area contributed by atoms with E-state index < -0.39 is 0 Å². The molecule has 5 rings (SSSR count). The number of rotatable bonds is 8. The fourth-order valence-corrected chi connectivity index (χ4v) is 5.66. The molecule has 2 aliphatic carbocycles. The highest BCUT2D eigenvalue weighted by Crippen LogP contribution is 2.42. The number of likely N-dealkylation sites (tertiary alicyclic amines) is 2. The van der Waals surface area contributed by atoms with Crippen LogP contribution in [0.2, 0.25) is 0 Å². The Morgan fingerprint density at radius 2 is 1.83 bits per heavy atom. The summed E-state index contributed by atoms with van der Waals surface area (Å²) in [5.41, 5.74) is 1.56. The number of piperidine rings is 1. The lowest BCUT2D eigenvalue weighted by atomic mass is 9.81. The molecule has 4 fully saturated rings. The standard InChI is InChI=1S/C24H36N4O/c1-25-23(29)14-24(16-27(17-24)15-18-7-8-18)28-11-9-20(10-12-28)26-22-13-21(22)19-5-3-2-4-6-19/h2-6,18,20-22,26H,7-17H2,1H3,(H,25,29)/t21-,22+/m0/s1. The molecule has 2 saturated heterocycles. The van der Waals surface area contributed by atoms with Gasteiger partial charge >= 0.3 is 0 Å². The Morgan fingerprint density at radius 3 is 2.48 bits per heavy atom. The highest BCUT2D eigenvalue weighted by atomic mass is 16.1. The van der Waals surface area contributed by atoms with E-state index in [0.717, 1.165) is 32.1 Å². The molecule has 5 heteroatoms. The molecule has 0 bridgehead atoms. The first kappa shape index (κ1) is 19.5. The number of benzene rings is 1.